The van der Waals surface area contributed by atoms with Gasteiger partial charge in [0.1, 0.15) is 0 Å². The minimum absolute atomic E-state index is 0.0715. The Morgan fingerprint density at radius 3 is 2.56 bits per heavy atom. The van der Waals surface area contributed by atoms with E-state index in [1.165, 1.54) is 32.2 Å². The average Bonchev–Trinajstić information content (AvgIpc) is 3.01. The lowest BCUT2D eigenvalue weighted by molar-refractivity contribution is -0.123. The van der Waals surface area contributed by atoms with Gasteiger partial charge in [0.05, 0.1) is 16.7 Å². The van der Waals surface area contributed by atoms with E-state index >= 15 is 0 Å². The first-order valence-corrected chi connectivity index (χ1v) is 10.4. The maximum absolute atomic E-state index is 12.6. The third kappa shape index (κ3) is 4.81. The molecule has 0 radical (unpaired) electrons. The van der Waals surface area contributed by atoms with Crippen LogP contribution in [0.2, 0.25) is 5.02 Å². The van der Waals surface area contributed by atoms with Crippen LogP contribution >= 0.6 is 11.6 Å². The summed E-state index contributed by atoms with van der Waals surface area (Å²) >= 11 is 6.06. The molecular weight excluding hydrogens is 436 g/mol. The fraction of sp³-hybridized carbons (Fsp3) is 0.304. The number of methoxy groups -OCH3 is 1. The Morgan fingerprint density at radius 1 is 1.12 bits per heavy atom. The smallest absolute Gasteiger partial charge is 0.338 e. The summed E-state index contributed by atoms with van der Waals surface area (Å²) in [6.07, 6.45) is -0.590. The van der Waals surface area contributed by atoms with Crippen LogP contribution in [0.3, 0.4) is 0 Å². The molecule has 3 rings (SSSR count). The van der Waals surface area contributed by atoms with Gasteiger partial charge < -0.3 is 14.8 Å². The first kappa shape index (κ1) is 23.4. The van der Waals surface area contributed by atoms with E-state index in [1.807, 2.05) is 0 Å². The van der Waals surface area contributed by atoms with Crippen molar-refractivity contribution in [3.8, 4) is 0 Å². The van der Waals surface area contributed by atoms with Gasteiger partial charge in [0.2, 0.25) is 0 Å². The number of nitrogens with zero attached hydrogens (tertiary/aromatic N) is 1. The molecule has 0 saturated heterocycles. The molecular formula is C23H23ClN2O6. The summed E-state index contributed by atoms with van der Waals surface area (Å²) in [6, 6.07) is 9.23. The molecule has 32 heavy (non-hydrogen) atoms. The van der Waals surface area contributed by atoms with E-state index in [0.29, 0.717) is 29.3 Å². The van der Waals surface area contributed by atoms with Crippen LogP contribution in [0.4, 0.5) is 5.69 Å². The number of hydrogen-bond donors (Lipinski definition) is 1. The Balaban J connectivity index is 1.68. The van der Waals surface area contributed by atoms with E-state index in [-0.39, 0.29) is 23.2 Å². The highest BCUT2D eigenvalue weighted by Gasteiger charge is 2.36. The number of nitrogens with one attached hydrogen (secondary N) is 1. The minimum atomic E-state index is -1.10. The molecule has 3 amide bonds. The van der Waals surface area contributed by atoms with Crippen LogP contribution in [0.1, 0.15) is 50.0 Å². The number of fused-ring (bicyclic) bond motifs is 1. The predicted octanol–water partition coefficient (Wildman–Crippen LogP) is 3.46. The lowest BCUT2D eigenvalue weighted by Gasteiger charge is -2.15. The Labute approximate surface area is 190 Å². The zero-order valence-corrected chi connectivity index (χ0v) is 18.7. The van der Waals surface area contributed by atoms with Crippen molar-refractivity contribution in [2.75, 3.05) is 25.6 Å². The molecule has 0 saturated carbocycles. The van der Waals surface area contributed by atoms with Crippen molar-refractivity contribution in [2.24, 2.45) is 0 Å². The molecule has 168 valence electrons. The number of ether oxygens (including phenoxy) is 2. The lowest BCUT2D eigenvalue weighted by atomic mass is 10.1. The number of esters is 1. The van der Waals surface area contributed by atoms with Gasteiger partial charge in [-0.25, -0.2) is 4.79 Å². The van der Waals surface area contributed by atoms with Crippen molar-refractivity contribution >= 4 is 41.0 Å². The Hall–Kier alpha value is -3.23. The second kappa shape index (κ2) is 9.93. The molecule has 1 atom stereocenters. The fourth-order valence-electron chi connectivity index (χ4n) is 3.25. The summed E-state index contributed by atoms with van der Waals surface area (Å²) in [4.78, 5) is 51.2. The van der Waals surface area contributed by atoms with E-state index in [1.54, 1.807) is 25.1 Å². The van der Waals surface area contributed by atoms with Gasteiger partial charge in [-0.15, -0.1) is 0 Å². The van der Waals surface area contributed by atoms with Gasteiger partial charge in [-0.1, -0.05) is 17.7 Å². The highest BCUT2D eigenvalue weighted by atomic mass is 35.5. The van der Waals surface area contributed by atoms with Crippen molar-refractivity contribution in [1.82, 2.24) is 4.90 Å². The zero-order valence-electron chi connectivity index (χ0n) is 17.9. The molecule has 0 aromatic heterocycles. The minimum Gasteiger partial charge on any atom is -0.449 e. The number of halogens is 1. The summed E-state index contributed by atoms with van der Waals surface area (Å²) in [5.74, 6) is -2.19. The first-order valence-electron chi connectivity index (χ1n) is 10.0. The maximum atomic E-state index is 12.6. The van der Waals surface area contributed by atoms with Gasteiger partial charge in [0.25, 0.3) is 17.7 Å². The molecule has 1 aliphatic rings. The monoisotopic (exact) mass is 458 g/mol. The summed E-state index contributed by atoms with van der Waals surface area (Å²) < 4.78 is 10.2. The first-order chi connectivity index (χ1) is 15.2. The second-order valence-electron chi connectivity index (χ2n) is 7.32. The summed E-state index contributed by atoms with van der Waals surface area (Å²) in [6.45, 7) is 3.84. The van der Waals surface area contributed by atoms with Gasteiger partial charge in [-0.05, 0) is 56.2 Å². The number of carbonyl (C=O) groups is 4. The van der Waals surface area contributed by atoms with E-state index in [4.69, 9.17) is 21.1 Å². The van der Waals surface area contributed by atoms with Crippen molar-refractivity contribution < 1.29 is 28.7 Å². The molecule has 1 aliphatic heterocycles. The average molecular weight is 459 g/mol. The molecule has 1 unspecified atom stereocenters. The molecule has 1 heterocycles. The third-order valence-corrected chi connectivity index (χ3v) is 5.52. The SMILES string of the molecule is COCCCN1C(=O)c2ccc(C(=O)OC(C)C(=O)Nc3cccc(Cl)c3C)cc2C1=O. The molecule has 1 N–H and O–H groups in total. The summed E-state index contributed by atoms with van der Waals surface area (Å²) in [7, 11) is 1.54. The highest BCUT2D eigenvalue weighted by molar-refractivity contribution is 6.31. The van der Waals surface area contributed by atoms with Crippen LogP contribution in [0, 0.1) is 6.92 Å². The molecule has 2 aromatic carbocycles. The number of rotatable bonds is 8. The number of carbonyl (C=O) groups excluding carboxylic acids is 4. The van der Waals surface area contributed by atoms with Crippen LogP contribution in [0.5, 0.6) is 0 Å². The summed E-state index contributed by atoms with van der Waals surface area (Å²) in [5, 5.41) is 3.18. The number of anilines is 1. The number of benzene rings is 2. The second-order valence-corrected chi connectivity index (χ2v) is 7.73. The van der Waals surface area contributed by atoms with Gasteiger partial charge in [-0.3, -0.25) is 19.3 Å². The normalized spacial score (nSPS) is 13.7. The molecule has 0 bridgehead atoms. The molecule has 9 heteroatoms. The van der Waals surface area contributed by atoms with Gasteiger partial charge in [-0.2, -0.15) is 0 Å². The maximum Gasteiger partial charge on any atom is 0.338 e. The van der Waals surface area contributed by atoms with Crippen molar-refractivity contribution in [3.05, 3.63) is 63.7 Å². The predicted molar refractivity (Wildman–Crippen MR) is 118 cm³/mol. The highest BCUT2D eigenvalue weighted by Crippen LogP contribution is 2.25. The van der Waals surface area contributed by atoms with Crippen LogP contribution in [0.25, 0.3) is 0 Å². The molecule has 8 nitrogen and oxygen atoms in total. The van der Waals surface area contributed by atoms with E-state index < -0.39 is 29.8 Å². The van der Waals surface area contributed by atoms with Crippen molar-refractivity contribution in [2.45, 2.75) is 26.4 Å². The zero-order chi connectivity index (χ0) is 23.4. The van der Waals surface area contributed by atoms with E-state index in [9.17, 15) is 19.2 Å². The Bertz CT molecular complexity index is 1080. The molecule has 0 spiro atoms. The van der Waals surface area contributed by atoms with Gasteiger partial charge in [0.15, 0.2) is 6.10 Å². The largest absolute Gasteiger partial charge is 0.449 e. The standard InChI is InChI=1S/C23H23ClN2O6/c1-13-18(24)6-4-7-19(13)25-20(27)14(2)32-23(30)15-8-9-16-17(12-15)22(29)26(21(16)28)10-5-11-31-3/h4,6-9,12,14H,5,10-11H2,1-3H3,(H,25,27). The topological polar surface area (TPSA) is 102 Å². The third-order valence-electron chi connectivity index (χ3n) is 5.12. The fourth-order valence-corrected chi connectivity index (χ4v) is 3.42. The van der Waals surface area contributed by atoms with E-state index in [0.717, 1.165) is 4.90 Å². The molecule has 0 fully saturated rings. The number of amides is 3. The lowest BCUT2D eigenvalue weighted by Crippen LogP contribution is -2.31. The van der Waals surface area contributed by atoms with E-state index in [2.05, 4.69) is 5.32 Å². The van der Waals surface area contributed by atoms with Gasteiger partial charge >= 0.3 is 5.97 Å². The Morgan fingerprint density at radius 2 is 1.84 bits per heavy atom. The Kier molecular flexibility index (Phi) is 7.27. The number of hydrogen-bond acceptors (Lipinski definition) is 6. The van der Waals surface area contributed by atoms with Gasteiger partial charge in [0, 0.05) is 31.0 Å². The van der Waals surface area contributed by atoms with Crippen molar-refractivity contribution in [3.63, 3.8) is 0 Å². The van der Waals surface area contributed by atoms with Crippen LogP contribution in [0.15, 0.2) is 36.4 Å². The molecule has 0 aliphatic carbocycles. The quantitative estimate of drug-likeness (QED) is 0.369. The summed E-state index contributed by atoms with van der Waals surface area (Å²) in [5.41, 5.74) is 1.64. The number of imide groups is 1. The van der Waals surface area contributed by atoms with Crippen LogP contribution < -0.4 is 5.32 Å². The molecule has 2 aromatic rings. The van der Waals surface area contributed by atoms with Crippen LogP contribution in [-0.4, -0.2) is 55.0 Å². The van der Waals surface area contributed by atoms with Crippen molar-refractivity contribution in [1.29, 1.82) is 0 Å². The van der Waals surface area contributed by atoms with Crippen LogP contribution in [-0.2, 0) is 14.3 Å².